The van der Waals surface area contributed by atoms with E-state index in [-0.39, 0.29) is 23.9 Å². The Kier molecular flexibility index (Phi) is 5.42. The van der Waals surface area contributed by atoms with Gasteiger partial charge >= 0.3 is 5.97 Å². The molecule has 0 aliphatic carbocycles. The number of Topliss-reactive ketones (excluding diaryl/α,β-unsaturated/α-hetero) is 1. The Morgan fingerprint density at radius 2 is 1.81 bits per heavy atom. The number of hydrogen-bond acceptors (Lipinski definition) is 7. The number of hydrogen-bond donors (Lipinski definition) is 0. The molecule has 3 rings (SSSR count). The van der Waals surface area contributed by atoms with Crippen LogP contribution < -0.4 is 18.9 Å². The first kappa shape index (κ1) is 18.5. The van der Waals surface area contributed by atoms with Gasteiger partial charge in [-0.25, -0.2) is 4.79 Å². The molecule has 0 bridgehead atoms. The van der Waals surface area contributed by atoms with Crippen molar-refractivity contribution in [1.82, 2.24) is 0 Å². The first-order chi connectivity index (χ1) is 13.0. The van der Waals surface area contributed by atoms with Crippen molar-refractivity contribution in [3.05, 3.63) is 53.3 Å². The van der Waals surface area contributed by atoms with Gasteiger partial charge in [-0.1, -0.05) is 0 Å². The maximum atomic E-state index is 12.6. The molecule has 0 radical (unpaired) electrons. The van der Waals surface area contributed by atoms with Gasteiger partial charge in [0.1, 0.15) is 29.6 Å². The first-order valence-corrected chi connectivity index (χ1v) is 8.05. The molecule has 1 heterocycles. The Hall–Kier alpha value is -3.32. The van der Waals surface area contributed by atoms with E-state index in [1.807, 2.05) is 0 Å². The molecule has 0 spiro atoms. The Balaban J connectivity index is 1.86. The molecule has 1 aliphatic rings. The highest BCUT2D eigenvalue weighted by atomic mass is 16.6. The molecule has 0 saturated heterocycles. The van der Waals surface area contributed by atoms with Gasteiger partial charge in [-0.05, 0) is 30.3 Å². The van der Waals surface area contributed by atoms with Crippen molar-refractivity contribution in [2.45, 2.75) is 0 Å². The van der Waals surface area contributed by atoms with Gasteiger partial charge in [0.2, 0.25) is 5.78 Å². The van der Waals surface area contributed by atoms with Gasteiger partial charge in [0.25, 0.3) is 0 Å². The molecule has 0 aromatic heterocycles. The van der Waals surface area contributed by atoms with Gasteiger partial charge in [-0.15, -0.1) is 0 Å². The maximum absolute atomic E-state index is 12.6. The molecule has 140 valence electrons. The third kappa shape index (κ3) is 3.93. The molecule has 0 unspecified atom stereocenters. The molecule has 7 nitrogen and oxygen atoms in total. The lowest BCUT2D eigenvalue weighted by Gasteiger charge is -2.08. The lowest BCUT2D eigenvalue weighted by molar-refractivity contribution is -0.138. The summed E-state index contributed by atoms with van der Waals surface area (Å²) in [6.45, 7) is -0.167. The van der Waals surface area contributed by atoms with Gasteiger partial charge in [0.15, 0.2) is 5.76 Å². The van der Waals surface area contributed by atoms with E-state index in [1.54, 1.807) is 37.5 Å². The summed E-state index contributed by atoms with van der Waals surface area (Å²) in [6.07, 6.45) is 1.59. The van der Waals surface area contributed by atoms with E-state index in [4.69, 9.17) is 23.7 Å². The predicted molar refractivity (Wildman–Crippen MR) is 96.4 cm³/mol. The van der Waals surface area contributed by atoms with Crippen molar-refractivity contribution in [3.8, 4) is 23.0 Å². The second-order valence-corrected chi connectivity index (χ2v) is 5.61. The fourth-order valence-electron chi connectivity index (χ4n) is 2.59. The molecular weight excluding hydrogens is 352 g/mol. The number of esters is 1. The average molecular weight is 370 g/mol. The topological polar surface area (TPSA) is 80.3 Å². The maximum Gasteiger partial charge on any atom is 0.337 e. The zero-order valence-corrected chi connectivity index (χ0v) is 15.1. The molecule has 0 N–H and O–H groups in total. The third-order valence-corrected chi connectivity index (χ3v) is 3.86. The molecule has 27 heavy (non-hydrogen) atoms. The number of fused-ring (bicyclic) bond motifs is 1. The van der Waals surface area contributed by atoms with Gasteiger partial charge in [0, 0.05) is 24.8 Å². The fraction of sp³-hybridized carbons (Fsp3) is 0.200. The van der Waals surface area contributed by atoms with Crippen molar-refractivity contribution < 1.29 is 33.3 Å². The van der Waals surface area contributed by atoms with Crippen LogP contribution in [-0.4, -0.2) is 39.7 Å². The molecule has 1 aliphatic heterocycles. The van der Waals surface area contributed by atoms with E-state index in [9.17, 15) is 9.59 Å². The second kappa shape index (κ2) is 7.92. The zero-order chi connectivity index (χ0) is 19.4. The van der Waals surface area contributed by atoms with Crippen LogP contribution in [0.1, 0.15) is 15.9 Å². The fourth-order valence-corrected chi connectivity index (χ4v) is 2.59. The minimum atomic E-state index is -0.541. The number of benzene rings is 2. The second-order valence-electron chi connectivity index (χ2n) is 5.61. The monoisotopic (exact) mass is 370 g/mol. The number of allylic oxidation sites excluding steroid dienone is 1. The van der Waals surface area contributed by atoms with Crippen LogP contribution in [0.25, 0.3) is 6.08 Å². The first-order valence-electron chi connectivity index (χ1n) is 8.05. The van der Waals surface area contributed by atoms with Crippen LogP contribution in [0.5, 0.6) is 23.0 Å². The van der Waals surface area contributed by atoms with Crippen molar-refractivity contribution >= 4 is 17.8 Å². The highest BCUT2D eigenvalue weighted by Gasteiger charge is 2.28. The number of ether oxygens (including phenoxy) is 5. The summed E-state index contributed by atoms with van der Waals surface area (Å²) in [5.74, 6) is 1.11. The largest absolute Gasteiger partial charge is 0.497 e. The summed E-state index contributed by atoms with van der Waals surface area (Å²) in [7, 11) is 4.49. The summed E-state index contributed by atoms with van der Waals surface area (Å²) in [6, 6.07) is 9.82. The van der Waals surface area contributed by atoms with Crippen LogP contribution >= 0.6 is 0 Å². The van der Waals surface area contributed by atoms with E-state index in [0.717, 1.165) is 0 Å². The smallest absolute Gasteiger partial charge is 0.337 e. The molecule has 7 heteroatoms. The molecule has 0 fully saturated rings. The Morgan fingerprint density at radius 1 is 1.04 bits per heavy atom. The number of ketones is 1. The lowest BCUT2D eigenvalue weighted by atomic mass is 10.1. The Bertz CT molecular complexity index is 915. The number of methoxy groups -OCH3 is 3. The summed E-state index contributed by atoms with van der Waals surface area (Å²) >= 11 is 0. The Morgan fingerprint density at radius 3 is 2.52 bits per heavy atom. The molecule has 0 saturated carbocycles. The molecule has 0 amide bonds. The van der Waals surface area contributed by atoms with Gasteiger partial charge < -0.3 is 23.7 Å². The lowest BCUT2D eigenvalue weighted by Crippen LogP contribution is -2.14. The normalized spacial score (nSPS) is 13.9. The van der Waals surface area contributed by atoms with Crippen LogP contribution in [-0.2, 0) is 9.53 Å². The van der Waals surface area contributed by atoms with Crippen molar-refractivity contribution in [3.63, 3.8) is 0 Å². The van der Waals surface area contributed by atoms with E-state index in [0.29, 0.717) is 28.4 Å². The standard InChI is InChI=1S/C20H18O7/c1-23-11-19(21)26-14-6-7-15-17(10-14)27-18(20(15)22)8-12-4-5-13(24-2)9-16(12)25-3/h4-10H,11H2,1-3H3/b18-8-. The molecule has 2 aromatic carbocycles. The van der Waals surface area contributed by atoms with Crippen molar-refractivity contribution in [1.29, 1.82) is 0 Å². The highest BCUT2D eigenvalue weighted by molar-refractivity contribution is 6.14. The van der Waals surface area contributed by atoms with E-state index < -0.39 is 5.97 Å². The Labute approximate surface area is 156 Å². The predicted octanol–water partition coefficient (Wildman–Crippen LogP) is 2.87. The SMILES string of the molecule is COCC(=O)Oc1ccc2c(c1)O/C(=C\c1ccc(OC)cc1OC)C2=O. The zero-order valence-electron chi connectivity index (χ0n) is 15.1. The van der Waals surface area contributed by atoms with Crippen molar-refractivity contribution in [2.75, 3.05) is 27.9 Å². The summed E-state index contributed by atoms with van der Waals surface area (Å²) in [4.78, 5) is 24.1. The number of carbonyl (C=O) groups is 2. The summed E-state index contributed by atoms with van der Waals surface area (Å²) in [5.41, 5.74) is 1.06. The summed E-state index contributed by atoms with van der Waals surface area (Å²) in [5, 5.41) is 0. The number of rotatable bonds is 6. The van der Waals surface area contributed by atoms with E-state index >= 15 is 0 Å². The van der Waals surface area contributed by atoms with Gasteiger partial charge in [-0.2, -0.15) is 0 Å². The van der Waals surface area contributed by atoms with Crippen LogP contribution in [0.2, 0.25) is 0 Å². The van der Waals surface area contributed by atoms with E-state index in [1.165, 1.54) is 26.4 Å². The minimum Gasteiger partial charge on any atom is -0.497 e. The van der Waals surface area contributed by atoms with Crippen LogP contribution in [0.4, 0.5) is 0 Å². The summed E-state index contributed by atoms with van der Waals surface area (Å²) < 4.78 is 26.0. The minimum absolute atomic E-state index is 0.147. The van der Waals surface area contributed by atoms with Crippen LogP contribution in [0.15, 0.2) is 42.2 Å². The third-order valence-electron chi connectivity index (χ3n) is 3.86. The molecular formula is C20H18O7. The van der Waals surface area contributed by atoms with Gasteiger partial charge in [0.05, 0.1) is 19.8 Å². The quantitative estimate of drug-likeness (QED) is 0.439. The van der Waals surface area contributed by atoms with Gasteiger partial charge in [-0.3, -0.25) is 4.79 Å². The van der Waals surface area contributed by atoms with Crippen LogP contribution in [0, 0.1) is 0 Å². The van der Waals surface area contributed by atoms with Crippen LogP contribution in [0.3, 0.4) is 0 Å². The number of carbonyl (C=O) groups excluding carboxylic acids is 2. The molecule has 2 aromatic rings. The van der Waals surface area contributed by atoms with Crippen molar-refractivity contribution in [2.24, 2.45) is 0 Å². The highest BCUT2D eigenvalue weighted by Crippen LogP contribution is 2.36. The average Bonchev–Trinajstić information content (AvgIpc) is 2.97. The van der Waals surface area contributed by atoms with E-state index in [2.05, 4.69) is 0 Å². The molecule has 0 atom stereocenters.